The minimum atomic E-state index is -0.134. The van der Waals surface area contributed by atoms with E-state index in [4.69, 9.17) is 23.2 Å². The third kappa shape index (κ3) is 3.71. The molecule has 1 saturated carbocycles. The molecule has 0 aliphatic heterocycles. The van der Waals surface area contributed by atoms with Crippen LogP contribution < -0.4 is 0 Å². The predicted molar refractivity (Wildman–Crippen MR) is 82.7 cm³/mol. The molecule has 0 spiro atoms. The maximum atomic E-state index is 6.83. The molecular weight excluding hydrogens is 277 g/mol. The van der Waals surface area contributed by atoms with E-state index in [-0.39, 0.29) is 9.99 Å². The lowest BCUT2D eigenvalue weighted by atomic mass is 9.76. The second-order valence-electron chi connectivity index (χ2n) is 5.50. The van der Waals surface area contributed by atoms with Crippen LogP contribution >= 0.6 is 40.4 Å². The lowest BCUT2D eigenvalue weighted by Crippen LogP contribution is -2.46. The molecule has 1 aliphatic carbocycles. The van der Waals surface area contributed by atoms with Crippen molar-refractivity contribution < 1.29 is 0 Å². The highest BCUT2D eigenvalue weighted by molar-refractivity contribution is 7.43. The lowest BCUT2D eigenvalue weighted by Gasteiger charge is -2.48. The minimum absolute atomic E-state index is 0.134. The molecule has 0 amide bonds. The number of halogens is 2. The Morgan fingerprint density at radius 1 is 1.25 bits per heavy atom. The van der Waals surface area contributed by atoms with Gasteiger partial charge in [-0.2, -0.15) is 0 Å². The molecule has 1 fully saturated rings. The molecule has 0 aromatic heterocycles. The van der Waals surface area contributed by atoms with E-state index in [2.05, 4.69) is 27.7 Å². The summed E-state index contributed by atoms with van der Waals surface area (Å²) >= 11 is 13.5. The summed E-state index contributed by atoms with van der Waals surface area (Å²) in [6, 6.07) is 0. The van der Waals surface area contributed by atoms with Crippen LogP contribution in [0.2, 0.25) is 0 Å². The van der Waals surface area contributed by atoms with Gasteiger partial charge in [0.15, 0.2) is 0 Å². The lowest BCUT2D eigenvalue weighted by molar-refractivity contribution is 0.243. The van der Waals surface area contributed by atoms with Gasteiger partial charge in [-0.3, -0.25) is 0 Å². The standard InChI is InChI=1S/C12H24Cl2P2/c1-5-15-9-7-11(3,4)8-12(14,10(9)13)16-6-2/h9-10,15-16H,5-8H2,1-4H3. The first-order chi connectivity index (χ1) is 7.34. The Bertz CT molecular complexity index is 233. The summed E-state index contributed by atoms with van der Waals surface area (Å²) in [4.78, 5) is 0. The van der Waals surface area contributed by atoms with E-state index in [0.717, 1.165) is 29.7 Å². The number of hydrogen-bond acceptors (Lipinski definition) is 0. The second-order valence-corrected chi connectivity index (χ2v) is 10.8. The highest BCUT2D eigenvalue weighted by atomic mass is 35.5. The molecule has 0 nitrogen and oxygen atoms in total. The molecule has 0 bridgehead atoms. The highest BCUT2D eigenvalue weighted by Crippen LogP contribution is 2.58. The molecular formula is C12H24Cl2P2. The zero-order chi connectivity index (χ0) is 12.4. The molecule has 5 atom stereocenters. The van der Waals surface area contributed by atoms with Crippen molar-refractivity contribution in [2.45, 2.75) is 56.2 Å². The van der Waals surface area contributed by atoms with Crippen LogP contribution in [0.25, 0.3) is 0 Å². The Balaban J connectivity index is 2.83. The van der Waals surface area contributed by atoms with Crippen molar-refractivity contribution in [3.05, 3.63) is 0 Å². The van der Waals surface area contributed by atoms with E-state index in [1.54, 1.807) is 0 Å². The molecule has 0 heterocycles. The summed E-state index contributed by atoms with van der Waals surface area (Å²) in [6.45, 7) is 9.16. The van der Waals surface area contributed by atoms with Gasteiger partial charge in [-0.05, 0) is 36.2 Å². The Hall–Kier alpha value is 1.44. The fourth-order valence-corrected chi connectivity index (χ4v) is 7.93. The molecule has 0 radical (unpaired) electrons. The fourth-order valence-electron chi connectivity index (χ4n) is 2.78. The van der Waals surface area contributed by atoms with Gasteiger partial charge < -0.3 is 0 Å². The van der Waals surface area contributed by atoms with Gasteiger partial charge in [0.1, 0.15) is 0 Å². The highest BCUT2D eigenvalue weighted by Gasteiger charge is 2.48. The van der Waals surface area contributed by atoms with Crippen molar-refractivity contribution in [1.82, 2.24) is 0 Å². The molecule has 16 heavy (non-hydrogen) atoms. The van der Waals surface area contributed by atoms with E-state index in [1.807, 2.05) is 0 Å². The van der Waals surface area contributed by atoms with Crippen LogP contribution in [0.15, 0.2) is 0 Å². The van der Waals surface area contributed by atoms with Gasteiger partial charge in [-0.25, -0.2) is 0 Å². The first kappa shape index (κ1) is 15.5. The summed E-state index contributed by atoms with van der Waals surface area (Å²) in [5, 5.41) is 0.179. The van der Waals surface area contributed by atoms with Crippen molar-refractivity contribution in [2.75, 3.05) is 12.3 Å². The van der Waals surface area contributed by atoms with E-state index in [0.29, 0.717) is 11.1 Å². The maximum absolute atomic E-state index is 6.83. The van der Waals surface area contributed by atoms with Gasteiger partial charge in [0.25, 0.3) is 0 Å². The first-order valence-corrected chi connectivity index (χ1v) is 9.46. The third-order valence-electron chi connectivity index (χ3n) is 3.24. The Kier molecular flexibility index (Phi) is 5.87. The normalized spacial score (nSPS) is 40.1. The molecule has 4 heteroatoms. The van der Waals surface area contributed by atoms with Crippen LogP contribution in [0.1, 0.15) is 40.5 Å². The minimum Gasteiger partial charge on any atom is -0.120 e. The van der Waals surface area contributed by atoms with Gasteiger partial charge in [-0.1, -0.05) is 36.3 Å². The second kappa shape index (κ2) is 6.06. The van der Waals surface area contributed by atoms with E-state index in [1.165, 1.54) is 12.6 Å². The fraction of sp³-hybridized carbons (Fsp3) is 1.00. The van der Waals surface area contributed by atoms with Crippen LogP contribution in [0, 0.1) is 5.41 Å². The smallest absolute Gasteiger partial charge is 0.0785 e. The van der Waals surface area contributed by atoms with Crippen molar-refractivity contribution >= 4 is 40.4 Å². The van der Waals surface area contributed by atoms with Gasteiger partial charge in [-0.15, -0.1) is 31.8 Å². The average molecular weight is 301 g/mol. The van der Waals surface area contributed by atoms with Crippen LogP contribution in [0.4, 0.5) is 0 Å². The zero-order valence-corrected chi connectivity index (χ0v) is 14.3. The Morgan fingerprint density at radius 2 is 1.88 bits per heavy atom. The third-order valence-corrected chi connectivity index (χ3v) is 8.09. The predicted octanol–water partition coefficient (Wildman–Crippen LogP) is 5.11. The first-order valence-electron chi connectivity index (χ1n) is 6.16. The van der Waals surface area contributed by atoms with Crippen molar-refractivity contribution in [1.29, 1.82) is 0 Å². The topological polar surface area (TPSA) is 0 Å². The van der Waals surface area contributed by atoms with Crippen LogP contribution in [-0.4, -0.2) is 28.0 Å². The maximum Gasteiger partial charge on any atom is 0.0785 e. The van der Waals surface area contributed by atoms with E-state index >= 15 is 0 Å². The molecule has 96 valence electrons. The van der Waals surface area contributed by atoms with Gasteiger partial charge in [0, 0.05) is 0 Å². The quantitative estimate of drug-likeness (QED) is 0.500. The van der Waals surface area contributed by atoms with Crippen LogP contribution in [0.3, 0.4) is 0 Å². The van der Waals surface area contributed by atoms with Crippen LogP contribution in [-0.2, 0) is 0 Å². The number of hydrogen-bond donors (Lipinski definition) is 0. The van der Waals surface area contributed by atoms with E-state index in [9.17, 15) is 0 Å². The molecule has 0 saturated heterocycles. The van der Waals surface area contributed by atoms with Crippen molar-refractivity contribution in [2.24, 2.45) is 5.41 Å². The molecule has 0 N–H and O–H groups in total. The van der Waals surface area contributed by atoms with Crippen LogP contribution in [0.5, 0.6) is 0 Å². The van der Waals surface area contributed by atoms with Gasteiger partial charge in [0.2, 0.25) is 0 Å². The number of rotatable bonds is 4. The summed E-state index contributed by atoms with van der Waals surface area (Å²) in [7, 11) is 1.76. The summed E-state index contributed by atoms with van der Waals surface area (Å²) < 4.78 is -0.134. The molecule has 5 unspecified atom stereocenters. The zero-order valence-electron chi connectivity index (χ0n) is 10.7. The summed E-state index contributed by atoms with van der Waals surface area (Å²) in [5.74, 6) is 0. The Labute approximate surface area is 114 Å². The number of alkyl halides is 2. The van der Waals surface area contributed by atoms with Crippen molar-refractivity contribution in [3.63, 3.8) is 0 Å². The molecule has 1 aliphatic rings. The summed E-state index contributed by atoms with van der Waals surface area (Å²) in [6.07, 6.45) is 4.72. The van der Waals surface area contributed by atoms with Gasteiger partial charge >= 0.3 is 0 Å². The van der Waals surface area contributed by atoms with Crippen molar-refractivity contribution in [3.8, 4) is 0 Å². The molecule has 1 rings (SSSR count). The SMILES string of the molecule is CCPC1CC(C)(C)CC(Cl)(PCC)C1Cl. The van der Waals surface area contributed by atoms with E-state index < -0.39 is 0 Å². The largest absolute Gasteiger partial charge is 0.120 e. The molecule has 0 aromatic carbocycles. The Morgan fingerprint density at radius 3 is 2.38 bits per heavy atom. The average Bonchev–Trinajstić information content (AvgIpc) is 2.13. The molecule has 0 aromatic rings. The summed E-state index contributed by atoms with van der Waals surface area (Å²) in [5.41, 5.74) is 0.995. The monoisotopic (exact) mass is 300 g/mol. The van der Waals surface area contributed by atoms with Gasteiger partial charge in [0.05, 0.1) is 9.99 Å².